The van der Waals surface area contributed by atoms with Crippen LogP contribution in [0.15, 0.2) is 24.4 Å². The van der Waals surface area contributed by atoms with Crippen molar-refractivity contribution in [2.45, 2.75) is 0 Å². The second-order valence-corrected chi connectivity index (χ2v) is 3.36. The molecule has 1 aromatic heterocycles. The number of benzene rings is 1. The third kappa shape index (κ3) is 2.70. The van der Waals surface area contributed by atoms with Gasteiger partial charge in [-0.05, 0) is 6.07 Å². The number of nitro benzene ring substituents is 1. The number of anilines is 1. The van der Waals surface area contributed by atoms with Crippen molar-refractivity contribution in [3.63, 3.8) is 0 Å². The second kappa shape index (κ2) is 4.80. The van der Waals surface area contributed by atoms with Gasteiger partial charge in [0.05, 0.1) is 17.2 Å². The third-order valence-corrected chi connectivity index (χ3v) is 2.06. The molecule has 0 fully saturated rings. The minimum atomic E-state index is -1.02. The molecule has 2 N–H and O–H groups in total. The second-order valence-electron chi connectivity index (χ2n) is 3.36. The van der Waals surface area contributed by atoms with Gasteiger partial charge in [0, 0.05) is 6.07 Å². The molecular weight excluding hydrogens is 262 g/mol. The van der Waals surface area contributed by atoms with Crippen molar-refractivity contribution >= 4 is 11.6 Å². The lowest BCUT2D eigenvalue weighted by molar-refractivity contribution is -0.385. The zero-order valence-electron chi connectivity index (χ0n) is 9.21. The van der Waals surface area contributed by atoms with E-state index in [0.29, 0.717) is 6.07 Å². The van der Waals surface area contributed by atoms with E-state index < -0.39 is 33.9 Å². The van der Waals surface area contributed by atoms with E-state index in [1.54, 1.807) is 0 Å². The zero-order chi connectivity index (χ0) is 14.0. The van der Waals surface area contributed by atoms with E-state index in [9.17, 15) is 18.9 Å². The van der Waals surface area contributed by atoms with Gasteiger partial charge in [-0.3, -0.25) is 10.1 Å². The summed E-state index contributed by atoms with van der Waals surface area (Å²) in [7, 11) is 0. The van der Waals surface area contributed by atoms with Crippen molar-refractivity contribution in [2.75, 3.05) is 5.73 Å². The first-order valence-corrected chi connectivity index (χ1v) is 4.87. The summed E-state index contributed by atoms with van der Waals surface area (Å²) in [6.45, 7) is 0. The van der Waals surface area contributed by atoms with Gasteiger partial charge in [-0.15, -0.1) is 0 Å². The SMILES string of the molecule is Nc1ncc(F)c(Oc2ccc([N+](=O)[O-])cc2F)n1. The van der Waals surface area contributed by atoms with Gasteiger partial charge in [-0.1, -0.05) is 0 Å². The van der Waals surface area contributed by atoms with E-state index in [1.807, 2.05) is 0 Å². The Balaban J connectivity index is 2.33. The van der Waals surface area contributed by atoms with Crippen molar-refractivity contribution < 1.29 is 18.4 Å². The number of ether oxygens (including phenoxy) is 1. The Morgan fingerprint density at radius 2 is 2.05 bits per heavy atom. The average molecular weight is 268 g/mol. The molecule has 0 radical (unpaired) electrons. The Bertz CT molecular complexity index is 651. The van der Waals surface area contributed by atoms with Crippen LogP contribution >= 0.6 is 0 Å². The highest BCUT2D eigenvalue weighted by atomic mass is 19.1. The molecular formula is C10H6F2N4O3. The molecule has 0 aliphatic carbocycles. The van der Waals surface area contributed by atoms with Crippen molar-refractivity contribution in [2.24, 2.45) is 0 Å². The van der Waals surface area contributed by atoms with E-state index in [1.165, 1.54) is 0 Å². The summed E-state index contributed by atoms with van der Waals surface area (Å²) in [4.78, 5) is 16.5. The van der Waals surface area contributed by atoms with Crippen LogP contribution in [0.5, 0.6) is 11.6 Å². The molecule has 19 heavy (non-hydrogen) atoms. The Morgan fingerprint density at radius 3 is 2.68 bits per heavy atom. The van der Waals surface area contributed by atoms with Crippen LogP contribution in [0.25, 0.3) is 0 Å². The van der Waals surface area contributed by atoms with E-state index >= 15 is 0 Å². The summed E-state index contributed by atoms with van der Waals surface area (Å²) in [5.74, 6) is -3.20. The van der Waals surface area contributed by atoms with Gasteiger partial charge in [0.1, 0.15) is 0 Å². The number of aromatic nitrogens is 2. The summed E-state index contributed by atoms with van der Waals surface area (Å²) < 4.78 is 31.6. The third-order valence-electron chi connectivity index (χ3n) is 2.06. The maximum atomic E-state index is 13.5. The van der Waals surface area contributed by atoms with Gasteiger partial charge in [-0.25, -0.2) is 9.37 Å². The fourth-order valence-corrected chi connectivity index (χ4v) is 1.23. The molecule has 1 aromatic carbocycles. The molecule has 0 aliphatic heterocycles. The first-order valence-electron chi connectivity index (χ1n) is 4.87. The fourth-order valence-electron chi connectivity index (χ4n) is 1.23. The topological polar surface area (TPSA) is 104 Å². The highest BCUT2D eigenvalue weighted by molar-refractivity contribution is 5.39. The first-order chi connectivity index (χ1) is 8.97. The van der Waals surface area contributed by atoms with Crippen LogP contribution in [0.1, 0.15) is 0 Å². The lowest BCUT2D eigenvalue weighted by Crippen LogP contribution is -2.00. The van der Waals surface area contributed by atoms with Crippen molar-refractivity contribution in [3.05, 3.63) is 46.1 Å². The Labute approximate surface area is 104 Å². The number of hydrogen-bond donors (Lipinski definition) is 1. The van der Waals surface area contributed by atoms with Gasteiger partial charge in [0.25, 0.3) is 11.6 Å². The molecule has 98 valence electrons. The summed E-state index contributed by atoms with van der Waals surface area (Å²) in [5, 5.41) is 10.4. The number of rotatable bonds is 3. The lowest BCUT2D eigenvalue weighted by Gasteiger charge is -2.06. The molecule has 1 heterocycles. The van der Waals surface area contributed by atoms with Gasteiger partial charge < -0.3 is 10.5 Å². The zero-order valence-corrected chi connectivity index (χ0v) is 9.21. The summed E-state index contributed by atoms with van der Waals surface area (Å²) in [6.07, 6.45) is 0.765. The molecule has 0 saturated carbocycles. The summed E-state index contributed by atoms with van der Waals surface area (Å²) in [5.41, 5.74) is 4.78. The average Bonchev–Trinajstić information content (AvgIpc) is 2.36. The van der Waals surface area contributed by atoms with E-state index in [4.69, 9.17) is 10.5 Å². The van der Waals surface area contributed by atoms with Crippen LogP contribution in [-0.4, -0.2) is 14.9 Å². The van der Waals surface area contributed by atoms with Crippen LogP contribution in [-0.2, 0) is 0 Å². The number of hydrogen-bond acceptors (Lipinski definition) is 6. The van der Waals surface area contributed by atoms with Crippen molar-refractivity contribution in [1.29, 1.82) is 0 Å². The molecule has 0 saturated heterocycles. The predicted molar refractivity (Wildman–Crippen MR) is 59.5 cm³/mol. The van der Waals surface area contributed by atoms with Crippen LogP contribution in [0.3, 0.4) is 0 Å². The predicted octanol–water partition coefficient (Wildman–Crippen LogP) is 2.04. The molecule has 7 nitrogen and oxygen atoms in total. The molecule has 0 bridgehead atoms. The lowest BCUT2D eigenvalue weighted by atomic mass is 10.3. The number of nitro groups is 1. The normalized spacial score (nSPS) is 10.2. The number of nitrogens with zero attached hydrogens (tertiary/aromatic N) is 3. The van der Waals surface area contributed by atoms with Gasteiger partial charge in [-0.2, -0.15) is 9.37 Å². The molecule has 9 heteroatoms. The number of non-ortho nitro benzene ring substituents is 1. The standard InChI is InChI=1S/C10H6F2N4O3/c11-6-3-5(16(17)18)1-2-8(6)19-9-7(12)4-14-10(13)15-9/h1-4H,(H2,13,14,15). The molecule has 0 unspecified atom stereocenters. The highest BCUT2D eigenvalue weighted by Crippen LogP contribution is 2.27. The van der Waals surface area contributed by atoms with Crippen molar-refractivity contribution in [1.82, 2.24) is 9.97 Å². The van der Waals surface area contributed by atoms with Crippen LogP contribution < -0.4 is 10.5 Å². The molecule has 0 atom stereocenters. The van der Waals surface area contributed by atoms with E-state index in [0.717, 1.165) is 18.3 Å². The smallest absolute Gasteiger partial charge is 0.272 e. The Hall–Kier alpha value is -2.84. The molecule has 2 rings (SSSR count). The minimum absolute atomic E-state index is 0.251. The quantitative estimate of drug-likeness (QED) is 0.674. The van der Waals surface area contributed by atoms with Gasteiger partial charge in [0.15, 0.2) is 11.6 Å². The van der Waals surface area contributed by atoms with Crippen molar-refractivity contribution in [3.8, 4) is 11.6 Å². The highest BCUT2D eigenvalue weighted by Gasteiger charge is 2.15. The largest absolute Gasteiger partial charge is 0.433 e. The molecule has 0 amide bonds. The van der Waals surface area contributed by atoms with Gasteiger partial charge in [0.2, 0.25) is 11.8 Å². The number of nitrogens with two attached hydrogens (primary N) is 1. The van der Waals surface area contributed by atoms with Gasteiger partial charge >= 0.3 is 0 Å². The Kier molecular flexibility index (Phi) is 3.19. The summed E-state index contributed by atoms with van der Waals surface area (Å²) in [6, 6.07) is 2.66. The van der Waals surface area contributed by atoms with E-state index in [2.05, 4.69) is 9.97 Å². The maximum Gasteiger partial charge on any atom is 0.272 e. The molecule has 0 aliphatic rings. The first kappa shape index (κ1) is 12.6. The fraction of sp³-hybridized carbons (Fsp3) is 0. The van der Waals surface area contributed by atoms with E-state index in [-0.39, 0.29) is 5.95 Å². The monoisotopic (exact) mass is 268 g/mol. The van der Waals surface area contributed by atoms with Crippen LogP contribution in [0, 0.1) is 21.7 Å². The molecule has 0 spiro atoms. The number of halogens is 2. The number of nitrogen functional groups attached to an aromatic ring is 1. The molecule has 2 aromatic rings. The minimum Gasteiger partial charge on any atom is -0.433 e. The van der Waals surface area contributed by atoms with Crippen LogP contribution in [0.4, 0.5) is 20.4 Å². The van der Waals surface area contributed by atoms with Crippen LogP contribution in [0.2, 0.25) is 0 Å². The Morgan fingerprint density at radius 1 is 1.32 bits per heavy atom. The maximum absolute atomic E-state index is 13.5. The summed E-state index contributed by atoms with van der Waals surface area (Å²) >= 11 is 0.